The van der Waals surface area contributed by atoms with Crippen LogP contribution in [0.4, 0.5) is 5.82 Å². The minimum Gasteiger partial charge on any atom is -0.369 e. The molecule has 7 nitrogen and oxygen atoms in total. The lowest BCUT2D eigenvalue weighted by Gasteiger charge is -2.08. The average molecular weight is 465 g/mol. The van der Waals surface area contributed by atoms with E-state index in [-0.39, 0.29) is 5.91 Å². The van der Waals surface area contributed by atoms with E-state index in [1.807, 2.05) is 30.3 Å². The molecule has 2 aromatic heterocycles. The first-order valence-electron chi connectivity index (χ1n) is 9.69. The largest absolute Gasteiger partial charge is 0.369 e. The number of hydrogen-bond donors (Lipinski definition) is 2. The first-order valence-corrected chi connectivity index (χ1v) is 10.5. The molecule has 4 aromatic rings. The molecule has 152 valence electrons. The predicted molar refractivity (Wildman–Crippen MR) is 120 cm³/mol. The summed E-state index contributed by atoms with van der Waals surface area (Å²) in [5.41, 5.74) is 2.62. The maximum Gasteiger partial charge on any atom is 0.251 e. The molecule has 30 heavy (non-hydrogen) atoms. The fourth-order valence-electron chi connectivity index (χ4n) is 3.17. The summed E-state index contributed by atoms with van der Waals surface area (Å²) in [6.45, 7) is 1.73. The number of rotatable bonds is 8. The van der Waals surface area contributed by atoms with Gasteiger partial charge in [-0.1, -0.05) is 52.3 Å². The van der Waals surface area contributed by atoms with E-state index in [1.165, 1.54) is 11.9 Å². The summed E-state index contributed by atoms with van der Waals surface area (Å²) in [6.07, 6.45) is 4.20. The lowest BCUT2D eigenvalue weighted by molar-refractivity contribution is 0.0952. The van der Waals surface area contributed by atoms with Gasteiger partial charge in [0.1, 0.15) is 12.1 Å². The molecule has 0 radical (unpaired) electrons. The lowest BCUT2D eigenvalue weighted by atomic mass is 10.1. The highest BCUT2D eigenvalue weighted by molar-refractivity contribution is 9.10. The van der Waals surface area contributed by atoms with Crippen molar-refractivity contribution in [3.63, 3.8) is 0 Å². The zero-order valence-corrected chi connectivity index (χ0v) is 17.8. The molecule has 0 fully saturated rings. The van der Waals surface area contributed by atoms with Gasteiger partial charge in [-0.3, -0.25) is 4.79 Å². The molecule has 2 N–H and O–H groups in total. The Balaban J connectivity index is 1.36. The van der Waals surface area contributed by atoms with Crippen LogP contribution >= 0.6 is 15.9 Å². The van der Waals surface area contributed by atoms with Gasteiger partial charge in [-0.05, 0) is 30.2 Å². The van der Waals surface area contributed by atoms with E-state index in [1.54, 1.807) is 23.0 Å². The summed E-state index contributed by atoms with van der Waals surface area (Å²) in [4.78, 5) is 21.0. The van der Waals surface area contributed by atoms with Crippen molar-refractivity contribution in [3.8, 4) is 0 Å². The van der Waals surface area contributed by atoms with Crippen LogP contribution in [0.25, 0.3) is 11.0 Å². The summed E-state index contributed by atoms with van der Waals surface area (Å²) in [5.74, 6) is 0.644. The number of nitrogens with zero attached hydrogens (tertiary/aromatic N) is 4. The number of benzene rings is 2. The van der Waals surface area contributed by atoms with Crippen LogP contribution in [0, 0.1) is 0 Å². The molecule has 1 amide bonds. The van der Waals surface area contributed by atoms with Crippen LogP contribution < -0.4 is 10.6 Å². The molecule has 0 spiro atoms. The van der Waals surface area contributed by atoms with Gasteiger partial charge in [-0.15, -0.1) is 0 Å². The van der Waals surface area contributed by atoms with E-state index in [9.17, 15) is 4.79 Å². The second-order valence-electron chi connectivity index (χ2n) is 6.76. The summed E-state index contributed by atoms with van der Waals surface area (Å²) in [5, 5.41) is 11.6. The van der Waals surface area contributed by atoms with Gasteiger partial charge in [-0.25, -0.2) is 14.6 Å². The molecule has 0 bridgehead atoms. The van der Waals surface area contributed by atoms with Crippen LogP contribution in [0.2, 0.25) is 0 Å². The molecule has 0 aliphatic heterocycles. The Morgan fingerprint density at radius 2 is 1.90 bits per heavy atom. The van der Waals surface area contributed by atoms with E-state index in [0.29, 0.717) is 18.7 Å². The van der Waals surface area contributed by atoms with Crippen LogP contribution in [-0.4, -0.2) is 38.7 Å². The highest BCUT2D eigenvalue weighted by Crippen LogP contribution is 2.18. The monoisotopic (exact) mass is 464 g/mol. The summed E-state index contributed by atoms with van der Waals surface area (Å²) >= 11 is 3.38. The van der Waals surface area contributed by atoms with E-state index in [2.05, 4.69) is 53.8 Å². The summed E-state index contributed by atoms with van der Waals surface area (Å²) in [6, 6.07) is 17.6. The van der Waals surface area contributed by atoms with Gasteiger partial charge < -0.3 is 10.6 Å². The molecule has 0 aliphatic rings. The molecular weight excluding hydrogens is 444 g/mol. The van der Waals surface area contributed by atoms with Crippen molar-refractivity contribution in [2.75, 3.05) is 18.4 Å². The number of aromatic nitrogens is 4. The van der Waals surface area contributed by atoms with Crippen molar-refractivity contribution >= 4 is 38.7 Å². The molecule has 4 rings (SSSR count). The normalized spacial score (nSPS) is 10.8. The molecule has 0 atom stereocenters. The zero-order chi connectivity index (χ0) is 20.8. The Labute approximate surface area is 182 Å². The van der Waals surface area contributed by atoms with Gasteiger partial charge in [0.25, 0.3) is 5.91 Å². The van der Waals surface area contributed by atoms with Gasteiger partial charge in [0.2, 0.25) is 0 Å². The van der Waals surface area contributed by atoms with E-state index >= 15 is 0 Å². The predicted octanol–water partition coefficient (Wildman–Crippen LogP) is 3.67. The maximum atomic E-state index is 12.3. The van der Waals surface area contributed by atoms with Crippen molar-refractivity contribution in [2.24, 2.45) is 0 Å². The third-order valence-corrected chi connectivity index (χ3v) is 5.17. The molecule has 8 heteroatoms. The third-order valence-electron chi connectivity index (χ3n) is 4.68. The fourth-order valence-corrected chi connectivity index (χ4v) is 3.57. The standard InChI is InChI=1S/C22H21BrN6O/c23-18-8-4-7-17(13-18)22(30)25-11-12-29-21-19(14-28-29)20(26-15-27-21)24-10-9-16-5-2-1-3-6-16/h1-8,13-15H,9-12H2,(H,25,30)(H,24,26,27). The number of carbonyl (C=O) groups is 1. The molecule has 2 heterocycles. The molecule has 0 saturated heterocycles. The number of anilines is 1. The van der Waals surface area contributed by atoms with Gasteiger partial charge in [-0.2, -0.15) is 5.10 Å². The summed E-state index contributed by atoms with van der Waals surface area (Å²) in [7, 11) is 0. The van der Waals surface area contributed by atoms with Crippen LogP contribution in [0.1, 0.15) is 15.9 Å². The highest BCUT2D eigenvalue weighted by atomic mass is 79.9. The molecule has 0 aliphatic carbocycles. The quantitative estimate of drug-likeness (QED) is 0.415. The fraction of sp³-hybridized carbons (Fsp3) is 0.182. The van der Waals surface area contributed by atoms with Crippen LogP contribution in [0.5, 0.6) is 0 Å². The van der Waals surface area contributed by atoms with Crippen LogP contribution in [-0.2, 0) is 13.0 Å². The highest BCUT2D eigenvalue weighted by Gasteiger charge is 2.10. The van der Waals surface area contributed by atoms with Gasteiger partial charge in [0, 0.05) is 23.1 Å². The van der Waals surface area contributed by atoms with Crippen LogP contribution in [0.15, 0.2) is 71.6 Å². The lowest BCUT2D eigenvalue weighted by Crippen LogP contribution is -2.27. The number of amides is 1. The Morgan fingerprint density at radius 3 is 2.73 bits per heavy atom. The Hall–Kier alpha value is -3.26. The van der Waals surface area contributed by atoms with Gasteiger partial charge in [0.15, 0.2) is 5.65 Å². The van der Waals surface area contributed by atoms with Gasteiger partial charge >= 0.3 is 0 Å². The summed E-state index contributed by atoms with van der Waals surface area (Å²) < 4.78 is 2.65. The molecule has 2 aromatic carbocycles. The van der Waals surface area contributed by atoms with Crippen molar-refractivity contribution in [1.29, 1.82) is 0 Å². The second-order valence-corrected chi connectivity index (χ2v) is 7.67. The minimum atomic E-state index is -0.120. The van der Waals surface area contributed by atoms with Gasteiger partial charge in [0.05, 0.1) is 18.1 Å². The number of carbonyl (C=O) groups excluding carboxylic acids is 1. The molecular formula is C22H21BrN6O. The van der Waals surface area contributed by atoms with Crippen molar-refractivity contribution in [2.45, 2.75) is 13.0 Å². The smallest absolute Gasteiger partial charge is 0.251 e. The third kappa shape index (κ3) is 4.83. The van der Waals surface area contributed by atoms with E-state index < -0.39 is 0 Å². The van der Waals surface area contributed by atoms with E-state index in [4.69, 9.17) is 0 Å². The Morgan fingerprint density at radius 1 is 1.03 bits per heavy atom. The molecule has 0 saturated carbocycles. The average Bonchev–Trinajstić information content (AvgIpc) is 3.18. The first kappa shape index (κ1) is 20.0. The van der Waals surface area contributed by atoms with Crippen molar-refractivity contribution in [3.05, 3.63) is 82.7 Å². The van der Waals surface area contributed by atoms with Crippen molar-refractivity contribution < 1.29 is 4.79 Å². The topological polar surface area (TPSA) is 84.7 Å². The van der Waals surface area contributed by atoms with E-state index in [0.717, 1.165) is 34.3 Å². The Bertz CT molecular complexity index is 1140. The zero-order valence-electron chi connectivity index (χ0n) is 16.3. The second kappa shape index (κ2) is 9.49. The minimum absolute atomic E-state index is 0.120. The Kier molecular flexibility index (Phi) is 6.34. The van der Waals surface area contributed by atoms with Crippen molar-refractivity contribution in [1.82, 2.24) is 25.1 Å². The SMILES string of the molecule is O=C(NCCn1ncc2c(NCCc3ccccc3)ncnc21)c1cccc(Br)c1. The number of nitrogens with one attached hydrogen (secondary N) is 2. The molecule has 0 unspecified atom stereocenters. The number of fused-ring (bicyclic) bond motifs is 1. The van der Waals surface area contributed by atoms with Crippen LogP contribution in [0.3, 0.4) is 0 Å². The first-order chi connectivity index (χ1) is 14.7. The number of hydrogen-bond acceptors (Lipinski definition) is 5. The maximum absolute atomic E-state index is 12.3. The number of halogens is 1.